The van der Waals surface area contributed by atoms with Gasteiger partial charge in [-0.1, -0.05) is 26.8 Å². The van der Waals surface area contributed by atoms with Crippen LogP contribution in [0.25, 0.3) is 6.08 Å². The summed E-state index contributed by atoms with van der Waals surface area (Å²) in [5.41, 5.74) is -0.529. The monoisotopic (exact) mass is 267 g/mol. The molecule has 0 radical (unpaired) electrons. The first-order chi connectivity index (χ1) is 8.30. The van der Waals surface area contributed by atoms with Crippen LogP contribution < -0.4 is 5.32 Å². The van der Waals surface area contributed by atoms with E-state index in [4.69, 9.17) is 5.11 Å². The molecule has 5 heteroatoms. The highest BCUT2D eigenvalue weighted by molar-refractivity contribution is 7.10. The number of carboxylic acids is 1. The Balaban J connectivity index is 2.66. The van der Waals surface area contributed by atoms with Crippen LogP contribution in [-0.4, -0.2) is 23.0 Å². The lowest BCUT2D eigenvalue weighted by molar-refractivity contribution is -0.144. The normalized spacial score (nSPS) is 13.5. The van der Waals surface area contributed by atoms with Crippen molar-refractivity contribution in [2.75, 3.05) is 0 Å². The third-order valence-corrected chi connectivity index (χ3v) is 3.18. The summed E-state index contributed by atoms with van der Waals surface area (Å²) >= 11 is 1.51. The minimum absolute atomic E-state index is 0.397. The van der Waals surface area contributed by atoms with E-state index < -0.39 is 23.3 Å². The minimum Gasteiger partial charge on any atom is -0.480 e. The lowest BCUT2D eigenvalue weighted by Crippen LogP contribution is -2.48. The van der Waals surface area contributed by atoms with Crippen LogP contribution in [0.15, 0.2) is 23.6 Å². The largest absolute Gasteiger partial charge is 0.480 e. The Hall–Kier alpha value is -1.62. The van der Waals surface area contributed by atoms with Crippen LogP contribution in [0.4, 0.5) is 0 Å². The molecule has 98 valence electrons. The lowest BCUT2D eigenvalue weighted by atomic mass is 9.87. The summed E-state index contributed by atoms with van der Waals surface area (Å²) in [7, 11) is 0. The van der Waals surface area contributed by atoms with Crippen molar-refractivity contribution in [2.45, 2.75) is 26.8 Å². The highest BCUT2D eigenvalue weighted by Gasteiger charge is 2.31. The Bertz CT molecular complexity index is 443. The second-order valence-electron chi connectivity index (χ2n) is 4.99. The molecular formula is C13H17NO3S. The molecule has 18 heavy (non-hydrogen) atoms. The molecule has 1 heterocycles. The van der Waals surface area contributed by atoms with Crippen molar-refractivity contribution >= 4 is 29.3 Å². The Labute approximate surface area is 110 Å². The molecule has 1 aromatic rings. The fourth-order valence-electron chi connectivity index (χ4n) is 1.38. The fourth-order valence-corrected chi connectivity index (χ4v) is 2.00. The molecule has 1 amide bonds. The molecule has 0 saturated heterocycles. The third-order valence-electron chi connectivity index (χ3n) is 2.34. The van der Waals surface area contributed by atoms with Gasteiger partial charge in [0.2, 0.25) is 5.91 Å². The maximum Gasteiger partial charge on any atom is 0.326 e. The highest BCUT2D eigenvalue weighted by atomic mass is 32.1. The van der Waals surface area contributed by atoms with Gasteiger partial charge in [0.1, 0.15) is 6.04 Å². The van der Waals surface area contributed by atoms with Crippen molar-refractivity contribution in [3.05, 3.63) is 28.5 Å². The molecule has 0 aromatic carbocycles. The second-order valence-corrected chi connectivity index (χ2v) is 5.97. The first-order valence-corrected chi connectivity index (χ1v) is 6.43. The number of hydrogen-bond acceptors (Lipinski definition) is 3. The highest BCUT2D eigenvalue weighted by Crippen LogP contribution is 2.19. The molecule has 1 unspecified atom stereocenters. The average molecular weight is 267 g/mol. The molecule has 1 atom stereocenters. The molecule has 0 aliphatic heterocycles. The van der Waals surface area contributed by atoms with Crippen molar-refractivity contribution in [2.24, 2.45) is 5.41 Å². The van der Waals surface area contributed by atoms with E-state index >= 15 is 0 Å². The molecule has 0 spiro atoms. The number of carbonyl (C=O) groups excluding carboxylic acids is 1. The molecule has 1 rings (SSSR count). The molecule has 1 aromatic heterocycles. The van der Waals surface area contributed by atoms with E-state index in [1.807, 2.05) is 17.5 Å². The van der Waals surface area contributed by atoms with Crippen LogP contribution in [0.1, 0.15) is 25.6 Å². The summed E-state index contributed by atoms with van der Waals surface area (Å²) in [6, 6.07) is 2.86. The average Bonchev–Trinajstić information content (AvgIpc) is 2.73. The zero-order valence-corrected chi connectivity index (χ0v) is 11.5. The van der Waals surface area contributed by atoms with Crippen LogP contribution in [0.2, 0.25) is 0 Å². The summed E-state index contributed by atoms with van der Waals surface area (Å²) in [4.78, 5) is 23.7. The van der Waals surface area contributed by atoms with Crippen LogP contribution in [0.3, 0.4) is 0 Å². The van der Waals surface area contributed by atoms with E-state index in [0.29, 0.717) is 0 Å². The zero-order valence-electron chi connectivity index (χ0n) is 10.6. The Morgan fingerprint density at radius 3 is 2.56 bits per heavy atom. The third kappa shape index (κ3) is 4.33. The van der Waals surface area contributed by atoms with Gasteiger partial charge in [-0.05, 0) is 22.9 Å². The predicted molar refractivity (Wildman–Crippen MR) is 72.4 cm³/mol. The van der Waals surface area contributed by atoms with Crippen molar-refractivity contribution in [3.63, 3.8) is 0 Å². The van der Waals surface area contributed by atoms with Gasteiger partial charge in [0.15, 0.2) is 0 Å². The molecule has 0 saturated carbocycles. The Kier molecular flexibility index (Phi) is 4.67. The maximum atomic E-state index is 11.6. The summed E-state index contributed by atoms with van der Waals surface area (Å²) in [5, 5.41) is 13.5. The number of carboxylic acid groups (broad SMARTS) is 1. The first-order valence-electron chi connectivity index (χ1n) is 5.55. The molecular weight excluding hydrogens is 250 g/mol. The van der Waals surface area contributed by atoms with Gasteiger partial charge in [-0.2, -0.15) is 0 Å². The maximum absolute atomic E-state index is 11.6. The van der Waals surface area contributed by atoms with E-state index in [9.17, 15) is 9.59 Å². The lowest BCUT2D eigenvalue weighted by Gasteiger charge is -2.27. The van der Waals surface area contributed by atoms with Crippen molar-refractivity contribution in [1.29, 1.82) is 0 Å². The Morgan fingerprint density at radius 1 is 1.44 bits per heavy atom. The summed E-state index contributed by atoms with van der Waals surface area (Å²) < 4.78 is 0. The first kappa shape index (κ1) is 14.4. The van der Waals surface area contributed by atoms with Crippen LogP contribution in [0, 0.1) is 5.41 Å². The molecule has 0 aliphatic rings. The van der Waals surface area contributed by atoms with Crippen molar-refractivity contribution in [1.82, 2.24) is 5.32 Å². The van der Waals surface area contributed by atoms with Gasteiger partial charge < -0.3 is 10.4 Å². The van der Waals surface area contributed by atoms with Gasteiger partial charge >= 0.3 is 5.97 Å². The fraction of sp³-hybridized carbons (Fsp3) is 0.385. The number of thiophene rings is 1. The summed E-state index contributed by atoms with van der Waals surface area (Å²) in [6.07, 6.45) is 3.02. The van der Waals surface area contributed by atoms with Crippen LogP contribution >= 0.6 is 11.3 Å². The number of rotatable bonds is 4. The summed E-state index contributed by atoms with van der Waals surface area (Å²) in [6.45, 7) is 5.32. The van der Waals surface area contributed by atoms with Gasteiger partial charge in [-0.25, -0.2) is 4.79 Å². The molecule has 0 bridgehead atoms. The molecule has 2 N–H and O–H groups in total. The second kappa shape index (κ2) is 5.82. The molecule has 0 aliphatic carbocycles. The predicted octanol–water partition coefficient (Wildman–Crippen LogP) is 2.38. The van der Waals surface area contributed by atoms with Gasteiger partial charge in [-0.3, -0.25) is 4.79 Å². The summed E-state index contributed by atoms with van der Waals surface area (Å²) in [5.74, 6) is -1.42. The SMILES string of the molecule is CC(C)(C)C(NC(=O)/C=C/c1cccs1)C(=O)O. The molecule has 4 nitrogen and oxygen atoms in total. The Morgan fingerprint density at radius 2 is 2.11 bits per heavy atom. The topological polar surface area (TPSA) is 66.4 Å². The van der Waals surface area contributed by atoms with E-state index in [-0.39, 0.29) is 0 Å². The number of aliphatic carboxylic acids is 1. The van der Waals surface area contributed by atoms with Gasteiger partial charge in [-0.15, -0.1) is 11.3 Å². The minimum atomic E-state index is -1.03. The van der Waals surface area contributed by atoms with E-state index in [0.717, 1.165) is 4.88 Å². The van der Waals surface area contributed by atoms with Crippen molar-refractivity contribution in [3.8, 4) is 0 Å². The number of carbonyl (C=O) groups is 2. The number of nitrogens with one attached hydrogen (secondary N) is 1. The smallest absolute Gasteiger partial charge is 0.326 e. The van der Waals surface area contributed by atoms with Gasteiger partial charge in [0, 0.05) is 11.0 Å². The van der Waals surface area contributed by atoms with E-state index in [1.54, 1.807) is 26.8 Å². The van der Waals surface area contributed by atoms with Crippen LogP contribution in [0.5, 0.6) is 0 Å². The van der Waals surface area contributed by atoms with E-state index in [2.05, 4.69) is 5.32 Å². The van der Waals surface area contributed by atoms with Crippen LogP contribution in [-0.2, 0) is 9.59 Å². The van der Waals surface area contributed by atoms with Gasteiger partial charge in [0.05, 0.1) is 0 Å². The number of amides is 1. The quantitative estimate of drug-likeness (QED) is 0.823. The van der Waals surface area contributed by atoms with Crippen molar-refractivity contribution < 1.29 is 14.7 Å². The number of hydrogen-bond donors (Lipinski definition) is 2. The van der Waals surface area contributed by atoms with E-state index in [1.165, 1.54) is 17.4 Å². The van der Waals surface area contributed by atoms with Gasteiger partial charge in [0.25, 0.3) is 0 Å². The molecule has 0 fully saturated rings. The standard InChI is InChI=1S/C13H17NO3S/c1-13(2,3)11(12(16)17)14-10(15)7-6-9-5-4-8-18-9/h4-8,11H,1-3H3,(H,14,15)(H,16,17)/b7-6+. The zero-order chi connectivity index (χ0) is 13.8.